The summed E-state index contributed by atoms with van der Waals surface area (Å²) in [7, 11) is 0. The molecule has 0 saturated carbocycles. The highest BCUT2D eigenvalue weighted by atomic mass is 16.7. The Bertz CT molecular complexity index is 1860. The van der Waals surface area contributed by atoms with E-state index in [1.54, 1.807) is 0 Å². The average molecular weight is 857 g/mol. The molecule has 0 amide bonds. The van der Waals surface area contributed by atoms with E-state index in [-0.39, 0.29) is 52.1 Å². The summed E-state index contributed by atoms with van der Waals surface area (Å²) in [5.41, 5.74) is 0.0685. The molecule has 0 spiro atoms. The molecule has 4 heterocycles. The minimum atomic E-state index is -2.00. The van der Waals surface area contributed by atoms with E-state index in [0.717, 1.165) is 12.1 Å². The summed E-state index contributed by atoms with van der Waals surface area (Å²) < 4.78 is 45.9. The minimum Gasteiger partial charge on any atom is -0.512 e. The van der Waals surface area contributed by atoms with Crippen molar-refractivity contribution in [1.29, 1.82) is 0 Å². The van der Waals surface area contributed by atoms with Crippen LogP contribution < -0.4 is 4.74 Å². The van der Waals surface area contributed by atoms with Crippen LogP contribution in [-0.2, 0) is 33.2 Å². The van der Waals surface area contributed by atoms with Crippen LogP contribution in [0, 0.1) is 0 Å². The second kappa shape index (κ2) is 18.6. The molecule has 3 saturated heterocycles. The van der Waals surface area contributed by atoms with Crippen LogP contribution in [0.3, 0.4) is 0 Å². The zero-order chi connectivity index (χ0) is 43.7. The van der Waals surface area contributed by atoms with E-state index in [1.807, 2.05) is 0 Å². The smallest absolute Gasteiger partial charge is 0.229 e. The van der Waals surface area contributed by atoms with Crippen molar-refractivity contribution in [3.63, 3.8) is 0 Å². The van der Waals surface area contributed by atoms with Gasteiger partial charge >= 0.3 is 0 Å². The van der Waals surface area contributed by atoms with Crippen LogP contribution in [0.4, 0.5) is 0 Å². The van der Waals surface area contributed by atoms with E-state index in [1.165, 1.54) is 24.3 Å². The fourth-order valence-corrected chi connectivity index (χ4v) is 6.89. The maximum Gasteiger partial charge on any atom is 0.229 e. The number of aliphatic hydroxyl groups excluding tert-OH is 13. The van der Waals surface area contributed by atoms with E-state index < -0.39 is 130 Å². The van der Waals surface area contributed by atoms with Crippen molar-refractivity contribution in [2.45, 2.75) is 105 Å². The fourth-order valence-electron chi connectivity index (χ4n) is 6.89. The van der Waals surface area contributed by atoms with E-state index in [9.17, 15) is 71.5 Å². The van der Waals surface area contributed by atoms with Crippen LogP contribution >= 0.6 is 0 Å². The molecule has 60 heavy (non-hydrogen) atoms. The van der Waals surface area contributed by atoms with Gasteiger partial charge in [0, 0.05) is 23.3 Å². The summed E-state index contributed by atoms with van der Waals surface area (Å²) in [4.78, 5) is 0. The Morgan fingerprint density at radius 3 is 1.90 bits per heavy atom. The highest BCUT2D eigenvalue weighted by molar-refractivity contribution is 5.70. The van der Waals surface area contributed by atoms with Crippen LogP contribution in [0.25, 0.3) is 5.76 Å². The molecule has 22 heteroatoms. The molecule has 22 nitrogen and oxygen atoms in total. The van der Waals surface area contributed by atoms with E-state index >= 15 is 0 Å². The third kappa shape index (κ3) is 9.36. The number of benzene rings is 1. The molecule has 332 valence electrons. The lowest BCUT2D eigenvalue weighted by atomic mass is 9.96. The van der Waals surface area contributed by atoms with Gasteiger partial charge in [0.2, 0.25) is 12.6 Å². The van der Waals surface area contributed by atoms with Crippen LogP contribution in [0.1, 0.15) is 12.0 Å². The van der Waals surface area contributed by atoms with E-state index in [4.69, 9.17) is 37.9 Å². The van der Waals surface area contributed by atoms with Gasteiger partial charge in [-0.15, -0.1) is 0 Å². The number of hydrogen-bond donors (Lipinski definition) is 14. The molecule has 14 N–H and O–H groups in total. The highest BCUT2D eigenvalue weighted by Gasteiger charge is 2.52. The summed E-state index contributed by atoms with van der Waals surface area (Å²) >= 11 is 0. The van der Waals surface area contributed by atoms with Gasteiger partial charge in [0.05, 0.1) is 31.2 Å². The zero-order valence-corrected chi connectivity index (χ0v) is 31.5. The molecule has 1 aromatic rings. The first kappa shape index (κ1) is 45.0. The molecule has 1 aliphatic carbocycles. The summed E-state index contributed by atoms with van der Waals surface area (Å²) in [6.07, 6.45) is -23.9. The van der Waals surface area contributed by atoms with Crippen LogP contribution in [0.5, 0.6) is 11.5 Å². The summed E-state index contributed by atoms with van der Waals surface area (Å²) in [5, 5.41) is 146. The van der Waals surface area contributed by atoms with Crippen molar-refractivity contribution in [3.05, 3.63) is 89.5 Å². The molecule has 5 aliphatic rings. The van der Waals surface area contributed by atoms with Crippen LogP contribution in [-0.4, -0.2) is 190 Å². The van der Waals surface area contributed by atoms with Crippen molar-refractivity contribution in [2.75, 3.05) is 19.8 Å². The van der Waals surface area contributed by atoms with Gasteiger partial charge in [-0.25, -0.2) is 0 Å². The minimum absolute atomic E-state index is 0.00983. The molecule has 16 atom stereocenters. The normalized spacial score (nSPS) is 38.1. The Kier molecular flexibility index (Phi) is 14.0. The standard InChI is InChI=1S/C38H48O22/c1-13(41)5-14(2)53-12-25-28(47)35(60-37-32(51)30(49)27(46)24(11-40)58-37)33(52)38(59-25)56-22-9-17-18(43)7-16(42)8-21(17)54-34(22)15-3-4-20(19(44)6-15)55-36-31(50)29(48)26(45)23(10-39)57-36/h3-4,6-9,21,23-33,35-52H,1-2,5,10-12H2/t21?,23-,24-,25-,26-,27-,28-,29+,30+,31-,32-,33-,35+,36-,37+,38-/m1/s1. The van der Waals surface area contributed by atoms with Gasteiger partial charge in [0.1, 0.15) is 97.5 Å². The predicted molar refractivity (Wildman–Crippen MR) is 196 cm³/mol. The van der Waals surface area contributed by atoms with Gasteiger partial charge in [-0.2, -0.15) is 0 Å². The zero-order valence-electron chi connectivity index (χ0n) is 31.5. The van der Waals surface area contributed by atoms with Gasteiger partial charge in [0.25, 0.3) is 0 Å². The van der Waals surface area contributed by atoms with Gasteiger partial charge in [-0.3, -0.25) is 0 Å². The van der Waals surface area contributed by atoms with Crippen molar-refractivity contribution in [1.82, 2.24) is 0 Å². The number of aliphatic hydroxyl groups is 13. The molecule has 0 aromatic heterocycles. The molecule has 6 rings (SSSR count). The van der Waals surface area contributed by atoms with Crippen LogP contribution in [0.15, 0.2) is 84.0 Å². The lowest BCUT2D eigenvalue weighted by molar-refractivity contribution is -0.357. The maximum absolute atomic E-state index is 11.6. The van der Waals surface area contributed by atoms with Crippen LogP contribution in [0.2, 0.25) is 0 Å². The monoisotopic (exact) mass is 856 g/mol. The molecule has 1 unspecified atom stereocenters. The average Bonchev–Trinajstić information content (AvgIpc) is 3.20. The Morgan fingerprint density at radius 2 is 1.28 bits per heavy atom. The number of allylic oxidation sites excluding steroid dienone is 2. The third-order valence-corrected chi connectivity index (χ3v) is 10.2. The van der Waals surface area contributed by atoms with E-state index in [2.05, 4.69) is 13.2 Å². The highest BCUT2D eigenvalue weighted by Crippen LogP contribution is 2.41. The Morgan fingerprint density at radius 1 is 0.683 bits per heavy atom. The summed E-state index contributed by atoms with van der Waals surface area (Å²) in [5.74, 6) is -2.55. The fraction of sp³-hybridized carbons (Fsp3) is 0.526. The third-order valence-electron chi connectivity index (χ3n) is 10.2. The van der Waals surface area contributed by atoms with Gasteiger partial charge in [-0.05, 0) is 24.3 Å². The number of rotatable bonds is 14. The quantitative estimate of drug-likeness (QED) is 0.0835. The number of phenolic OH excluding ortho intramolecular Hbond substituents is 1. The molecule has 0 bridgehead atoms. The SMILES string of the molecule is C=C(O)CC(=C)OC[C@H]1O[C@@H](OC2=C(c3ccc(O[C@@H]4O[C@H](CO)[C@@H](O)[C@H](O)[C@H]4O)c(O)c3)OC3C=C(O)C=C(O)C3=C2)[C@H](O)[C@@H](O[C@@H]2O[C@H](CO)[C@@H](O)[C@H](O)[C@H]2O)[C@@H]1O. The van der Waals surface area contributed by atoms with E-state index in [0.29, 0.717) is 0 Å². The summed E-state index contributed by atoms with van der Waals surface area (Å²) in [6.45, 7) is 4.95. The topological polar surface area (TPSA) is 357 Å². The lowest BCUT2D eigenvalue weighted by Crippen LogP contribution is -2.64. The number of hydrogen-bond acceptors (Lipinski definition) is 22. The Labute approximate surface area is 340 Å². The molecular weight excluding hydrogens is 808 g/mol. The predicted octanol–water partition coefficient (Wildman–Crippen LogP) is -2.90. The van der Waals surface area contributed by atoms with Gasteiger partial charge in [0.15, 0.2) is 29.3 Å². The molecule has 1 aromatic carbocycles. The van der Waals surface area contributed by atoms with Crippen molar-refractivity contribution >= 4 is 5.76 Å². The van der Waals surface area contributed by atoms with Crippen molar-refractivity contribution in [2.24, 2.45) is 0 Å². The molecule has 0 radical (unpaired) electrons. The van der Waals surface area contributed by atoms with Crippen molar-refractivity contribution in [3.8, 4) is 11.5 Å². The maximum atomic E-state index is 11.6. The number of fused-ring (bicyclic) bond motifs is 1. The first-order chi connectivity index (χ1) is 28.4. The second-order valence-electron chi connectivity index (χ2n) is 14.5. The molecule has 3 fully saturated rings. The largest absolute Gasteiger partial charge is 0.512 e. The first-order valence-electron chi connectivity index (χ1n) is 18.5. The Balaban J connectivity index is 1.33. The molecular formula is C38H48O22. The number of ether oxygens (including phenoxy) is 8. The van der Waals surface area contributed by atoms with Crippen molar-refractivity contribution < 1.29 is 109 Å². The first-order valence-corrected chi connectivity index (χ1v) is 18.5. The van der Waals surface area contributed by atoms with Gasteiger partial charge in [-0.1, -0.05) is 13.2 Å². The molecule has 4 aliphatic heterocycles. The van der Waals surface area contributed by atoms with Gasteiger partial charge < -0.3 is 109 Å². The number of phenols is 1. The lowest BCUT2D eigenvalue weighted by Gasteiger charge is -2.46. The summed E-state index contributed by atoms with van der Waals surface area (Å²) in [6, 6.07) is 3.62. The number of aromatic hydroxyl groups is 1. The Hall–Kier alpha value is -4.50. The second-order valence-corrected chi connectivity index (χ2v) is 14.5.